The van der Waals surface area contributed by atoms with Crippen molar-refractivity contribution in [2.45, 2.75) is 26.2 Å². The zero-order valence-corrected chi connectivity index (χ0v) is 13.4. The summed E-state index contributed by atoms with van der Waals surface area (Å²) >= 11 is 0. The third kappa shape index (κ3) is 3.54. The Morgan fingerprint density at radius 3 is 2.54 bits per heavy atom. The first kappa shape index (κ1) is 16.4. The number of allylic oxidation sites excluding steroid dienone is 2. The van der Waals surface area contributed by atoms with Gasteiger partial charge in [-0.2, -0.15) is 0 Å². The molecular formula is C21H17F3. The Hall–Kier alpha value is -2.47. The molecule has 122 valence electrons. The van der Waals surface area contributed by atoms with Crippen LogP contribution >= 0.6 is 0 Å². The Bertz CT molecular complexity index is 853. The largest absolute Gasteiger partial charge is 0.206 e. The second kappa shape index (κ2) is 6.97. The number of rotatable bonds is 1. The standard InChI is InChI=1S/C21H17F3/c1-2-3-14-4-7-16-12-17(20(23)13-18(16)10-14)8-5-15-6-9-19(22)21(24)11-15/h2-3,6,9,11-14H,4,7,10H2,1H3. The number of halogens is 3. The van der Waals surface area contributed by atoms with Crippen LogP contribution in [0.5, 0.6) is 0 Å². The SMILES string of the molecule is CC=CC1CCc2cc(C#Cc3ccc(F)c(F)c3)c(F)cc2C1. The summed E-state index contributed by atoms with van der Waals surface area (Å²) in [6.07, 6.45) is 6.97. The van der Waals surface area contributed by atoms with Crippen molar-refractivity contribution in [1.82, 2.24) is 0 Å². The van der Waals surface area contributed by atoms with Crippen LogP contribution in [0.25, 0.3) is 0 Å². The highest BCUT2D eigenvalue weighted by atomic mass is 19.2. The zero-order valence-electron chi connectivity index (χ0n) is 13.4. The van der Waals surface area contributed by atoms with Crippen LogP contribution in [0.15, 0.2) is 42.5 Å². The molecule has 0 saturated heterocycles. The van der Waals surface area contributed by atoms with Crippen LogP contribution in [0.4, 0.5) is 13.2 Å². The molecule has 1 unspecified atom stereocenters. The highest BCUT2D eigenvalue weighted by Crippen LogP contribution is 2.28. The zero-order chi connectivity index (χ0) is 17.1. The fourth-order valence-corrected chi connectivity index (χ4v) is 3.05. The molecule has 0 aromatic heterocycles. The maximum atomic E-state index is 14.3. The summed E-state index contributed by atoms with van der Waals surface area (Å²) < 4.78 is 40.4. The molecule has 1 aliphatic carbocycles. The summed E-state index contributed by atoms with van der Waals surface area (Å²) in [7, 11) is 0. The van der Waals surface area contributed by atoms with Gasteiger partial charge < -0.3 is 0 Å². The summed E-state index contributed by atoms with van der Waals surface area (Å²) in [6, 6.07) is 6.75. The average molecular weight is 326 g/mol. The molecule has 0 N–H and O–H groups in total. The first-order valence-corrected chi connectivity index (χ1v) is 7.98. The third-order valence-electron chi connectivity index (χ3n) is 4.28. The van der Waals surface area contributed by atoms with Crippen molar-refractivity contribution in [3.05, 3.63) is 82.2 Å². The highest BCUT2D eigenvalue weighted by Gasteiger charge is 2.18. The molecule has 0 bridgehead atoms. The number of benzene rings is 2. The van der Waals surface area contributed by atoms with Gasteiger partial charge in [0.25, 0.3) is 0 Å². The van der Waals surface area contributed by atoms with E-state index in [4.69, 9.17) is 0 Å². The molecular weight excluding hydrogens is 309 g/mol. The van der Waals surface area contributed by atoms with Gasteiger partial charge in [-0.15, -0.1) is 0 Å². The number of hydrogen-bond donors (Lipinski definition) is 0. The van der Waals surface area contributed by atoms with Gasteiger partial charge in [-0.05, 0) is 73.6 Å². The minimum Gasteiger partial charge on any atom is -0.206 e. The molecule has 3 heteroatoms. The van der Waals surface area contributed by atoms with Crippen molar-refractivity contribution in [2.75, 3.05) is 0 Å². The molecule has 0 saturated carbocycles. The van der Waals surface area contributed by atoms with Gasteiger partial charge in [0.15, 0.2) is 11.6 Å². The molecule has 2 aromatic rings. The molecule has 0 nitrogen and oxygen atoms in total. The van der Waals surface area contributed by atoms with E-state index in [2.05, 4.69) is 17.9 Å². The Kier molecular flexibility index (Phi) is 4.76. The summed E-state index contributed by atoms with van der Waals surface area (Å²) in [5.41, 5.74) is 2.76. The number of hydrogen-bond acceptors (Lipinski definition) is 0. The van der Waals surface area contributed by atoms with Crippen molar-refractivity contribution in [3.63, 3.8) is 0 Å². The van der Waals surface area contributed by atoms with E-state index in [1.165, 1.54) is 6.07 Å². The highest BCUT2D eigenvalue weighted by molar-refractivity contribution is 5.47. The molecule has 24 heavy (non-hydrogen) atoms. The molecule has 0 heterocycles. The lowest BCUT2D eigenvalue weighted by Gasteiger charge is -2.22. The van der Waals surface area contributed by atoms with Gasteiger partial charge in [0.2, 0.25) is 0 Å². The summed E-state index contributed by atoms with van der Waals surface area (Å²) in [5.74, 6) is 3.65. The van der Waals surface area contributed by atoms with E-state index in [0.29, 0.717) is 17.0 Å². The van der Waals surface area contributed by atoms with Gasteiger partial charge in [-0.1, -0.05) is 24.0 Å². The summed E-state index contributed by atoms with van der Waals surface area (Å²) in [5, 5.41) is 0. The summed E-state index contributed by atoms with van der Waals surface area (Å²) in [4.78, 5) is 0. The summed E-state index contributed by atoms with van der Waals surface area (Å²) in [6.45, 7) is 1.99. The minimum atomic E-state index is -0.956. The monoisotopic (exact) mass is 326 g/mol. The predicted molar refractivity (Wildman–Crippen MR) is 89.1 cm³/mol. The molecule has 2 aromatic carbocycles. The molecule has 1 aliphatic rings. The molecule has 1 atom stereocenters. The topological polar surface area (TPSA) is 0 Å². The fraction of sp³-hybridized carbons (Fsp3) is 0.238. The fourth-order valence-electron chi connectivity index (χ4n) is 3.05. The molecule has 0 radical (unpaired) electrons. The Morgan fingerprint density at radius 2 is 1.79 bits per heavy atom. The van der Waals surface area contributed by atoms with E-state index < -0.39 is 11.6 Å². The Balaban J connectivity index is 1.88. The molecule has 0 aliphatic heterocycles. The minimum absolute atomic E-state index is 0.294. The van der Waals surface area contributed by atoms with Crippen LogP contribution in [-0.2, 0) is 12.8 Å². The van der Waals surface area contributed by atoms with Gasteiger partial charge >= 0.3 is 0 Å². The van der Waals surface area contributed by atoms with Crippen molar-refractivity contribution < 1.29 is 13.2 Å². The third-order valence-corrected chi connectivity index (χ3v) is 4.28. The van der Waals surface area contributed by atoms with Crippen LogP contribution in [0, 0.1) is 35.2 Å². The lowest BCUT2D eigenvalue weighted by molar-refractivity contribution is 0.508. The second-order valence-corrected chi connectivity index (χ2v) is 6.01. The van der Waals surface area contributed by atoms with Gasteiger partial charge in [-0.3, -0.25) is 0 Å². The molecule has 0 amide bonds. The van der Waals surface area contributed by atoms with Crippen LogP contribution < -0.4 is 0 Å². The van der Waals surface area contributed by atoms with Gasteiger partial charge in [0, 0.05) is 5.56 Å². The first-order valence-electron chi connectivity index (χ1n) is 7.98. The lowest BCUT2D eigenvalue weighted by Crippen LogP contribution is -2.13. The van der Waals surface area contributed by atoms with Crippen LogP contribution in [0.2, 0.25) is 0 Å². The number of fused-ring (bicyclic) bond motifs is 1. The average Bonchev–Trinajstić information content (AvgIpc) is 2.56. The Labute approximate surface area is 140 Å². The van der Waals surface area contributed by atoms with Crippen molar-refractivity contribution in [1.29, 1.82) is 0 Å². The Morgan fingerprint density at radius 1 is 0.958 bits per heavy atom. The molecule has 0 spiro atoms. The predicted octanol–water partition coefficient (Wildman–Crippen LogP) is 5.18. The quantitative estimate of drug-likeness (QED) is 0.500. The van der Waals surface area contributed by atoms with Crippen molar-refractivity contribution in [2.24, 2.45) is 5.92 Å². The van der Waals surface area contributed by atoms with Crippen molar-refractivity contribution in [3.8, 4) is 11.8 Å². The first-order chi connectivity index (χ1) is 11.6. The molecule has 0 fully saturated rings. The van der Waals surface area contributed by atoms with Crippen molar-refractivity contribution >= 4 is 0 Å². The maximum Gasteiger partial charge on any atom is 0.160 e. The lowest BCUT2D eigenvalue weighted by atomic mass is 9.83. The number of aryl methyl sites for hydroxylation is 1. The molecule has 3 rings (SSSR count). The van der Waals surface area contributed by atoms with Gasteiger partial charge in [0.05, 0.1) is 5.56 Å². The van der Waals surface area contributed by atoms with E-state index >= 15 is 0 Å². The van der Waals surface area contributed by atoms with Crippen LogP contribution in [0.1, 0.15) is 35.6 Å². The van der Waals surface area contributed by atoms with E-state index in [0.717, 1.165) is 42.5 Å². The van der Waals surface area contributed by atoms with Crippen LogP contribution in [0.3, 0.4) is 0 Å². The smallest absolute Gasteiger partial charge is 0.160 e. The normalized spacial score (nSPS) is 16.6. The maximum absolute atomic E-state index is 14.3. The van der Waals surface area contributed by atoms with E-state index in [9.17, 15) is 13.2 Å². The second-order valence-electron chi connectivity index (χ2n) is 6.01. The van der Waals surface area contributed by atoms with E-state index in [-0.39, 0.29) is 5.82 Å². The van der Waals surface area contributed by atoms with Gasteiger partial charge in [-0.25, -0.2) is 13.2 Å². The van der Waals surface area contributed by atoms with E-state index in [1.807, 2.05) is 13.0 Å². The van der Waals surface area contributed by atoms with Gasteiger partial charge in [0.1, 0.15) is 5.82 Å². The van der Waals surface area contributed by atoms with E-state index in [1.54, 1.807) is 12.1 Å². The van der Waals surface area contributed by atoms with Crippen LogP contribution in [-0.4, -0.2) is 0 Å².